The van der Waals surface area contributed by atoms with Gasteiger partial charge in [-0.3, -0.25) is 4.79 Å². The Labute approximate surface area is 106 Å². The first-order chi connectivity index (χ1) is 8.70. The molecule has 2 rings (SSSR count). The lowest BCUT2D eigenvalue weighted by atomic mass is 10.0. The van der Waals surface area contributed by atoms with Crippen molar-refractivity contribution in [3.05, 3.63) is 23.8 Å². The topological polar surface area (TPSA) is 70.8 Å². The molecule has 0 saturated heterocycles. The Morgan fingerprint density at radius 2 is 2.22 bits per heavy atom. The average molecular weight is 251 g/mol. The molecule has 1 heterocycles. The van der Waals surface area contributed by atoms with Crippen molar-refractivity contribution >= 4 is 5.97 Å². The van der Waals surface area contributed by atoms with Crippen molar-refractivity contribution in [2.75, 3.05) is 13.4 Å². The molecule has 0 spiro atoms. The fraction of sp³-hybridized carbons (Fsp3) is 0.462. The second kappa shape index (κ2) is 5.73. The molecule has 0 aromatic heterocycles. The maximum absolute atomic E-state index is 11.5. The molecular weight excluding hydrogens is 234 g/mol. The molecule has 1 atom stereocenters. The third kappa shape index (κ3) is 2.92. The highest BCUT2D eigenvalue weighted by atomic mass is 16.7. The third-order valence-corrected chi connectivity index (χ3v) is 2.68. The van der Waals surface area contributed by atoms with Gasteiger partial charge in [0.05, 0.1) is 13.0 Å². The van der Waals surface area contributed by atoms with Crippen LogP contribution in [0.15, 0.2) is 18.2 Å². The summed E-state index contributed by atoms with van der Waals surface area (Å²) in [5, 5.41) is 0. The van der Waals surface area contributed by atoms with Crippen molar-refractivity contribution in [3.63, 3.8) is 0 Å². The van der Waals surface area contributed by atoms with Gasteiger partial charge in [0.2, 0.25) is 6.79 Å². The number of esters is 1. The van der Waals surface area contributed by atoms with Crippen molar-refractivity contribution < 1.29 is 19.0 Å². The second-order valence-electron chi connectivity index (χ2n) is 4.14. The second-order valence-corrected chi connectivity index (χ2v) is 4.14. The van der Waals surface area contributed by atoms with Gasteiger partial charge in [-0.25, -0.2) is 0 Å². The van der Waals surface area contributed by atoms with Crippen molar-refractivity contribution in [1.82, 2.24) is 0 Å². The van der Waals surface area contributed by atoms with Crippen molar-refractivity contribution in [2.24, 2.45) is 5.73 Å². The van der Waals surface area contributed by atoms with E-state index in [-0.39, 0.29) is 25.2 Å². The molecule has 98 valence electrons. The van der Waals surface area contributed by atoms with Crippen LogP contribution in [0.1, 0.15) is 31.4 Å². The van der Waals surface area contributed by atoms with E-state index in [1.54, 1.807) is 12.1 Å². The summed E-state index contributed by atoms with van der Waals surface area (Å²) < 4.78 is 15.5. The Morgan fingerprint density at radius 1 is 1.44 bits per heavy atom. The van der Waals surface area contributed by atoms with Gasteiger partial charge in [-0.1, -0.05) is 13.0 Å². The largest absolute Gasteiger partial charge is 0.466 e. The highest BCUT2D eigenvalue weighted by molar-refractivity contribution is 5.70. The zero-order valence-corrected chi connectivity index (χ0v) is 10.3. The summed E-state index contributed by atoms with van der Waals surface area (Å²) in [5.74, 6) is 1.10. The van der Waals surface area contributed by atoms with Gasteiger partial charge in [-0.05, 0) is 24.1 Å². The van der Waals surface area contributed by atoms with Crippen LogP contribution in [0.5, 0.6) is 11.5 Å². The van der Waals surface area contributed by atoms with Gasteiger partial charge in [0.15, 0.2) is 11.5 Å². The van der Waals surface area contributed by atoms with Gasteiger partial charge in [0.1, 0.15) is 0 Å². The van der Waals surface area contributed by atoms with E-state index < -0.39 is 0 Å². The van der Waals surface area contributed by atoms with Crippen LogP contribution in [0.25, 0.3) is 0 Å². The van der Waals surface area contributed by atoms with Crippen LogP contribution in [0.2, 0.25) is 0 Å². The Balaban J connectivity index is 1.96. The summed E-state index contributed by atoms with van der Waals surface area (Å²) in [5.41, 5.74) is 6.80. The number of nitrogens with two attached hydrogens (primary N) is 1. The van der Waals surface area contributed by atoms with Crippen molar-refractivity contribution in [2.45, 2.75) is 25.8 Å². The average Bonchev–Trinajstić information content (AvgIpc) is 2.83. The molecule has 1 aromatic rings. The van der Waals surface area contributed by atoms with Crippen LogP contribution in [-0.2, 0) is 9.53 Å². The Kier molecular flexibility index (Phi) is 4.04. The number of benzene rings is 1. The Morgan fingerprint density at radius 3 is 3.00 bits per heavy atom. The number of hydrogen-bond acceptors (Lipinski definition) is 5. The highest BCUT2D eigenvalue weighted by Crippen LogP contribution is 2.34. The van der Waals surface area contributed by atoms with Crippen LogP contribution in [0.3, 0.4) is 0 Å². The maximum atomic E-state index is 11.5. The van der Waals surface area contributed by atoms with Crippen LogP contribution in [-0.4, -0.2) is 19.4 Å². The van der Waals surface area contributed by atoms with Crippen LogP contribution in [0.4, 0.5) is 0 Å². The van der Waals surface area contributed by atoms with Crippen molar-refractivity contribution in [1.29, 1.82) is 0 Å². The van der Waals surface area contributed by atoms with E-state index in [2.05, 4.69) is 0 Å². The molecule has 0 fully saturated rings. The van der Waals surface area contributed by atoms with Crippen LogP contribution < -0.4 is 15.2 Å². The molecule has 1 unspecified atom stereocenters. The maximum Gasteiger partial charge on any atom is 0.307 e. The molecular formula is C13H17NO4. The quantitative estimate of drug-likeness (QED) is 0.807. The molecule has 0 bridgehead atoms. The molecule has 5 heteroatoms. The summed E-state index contributed by atoms with van der Waals surface area (Å²) in [4.78, 5) is 11.5. The molecule has 0 saturated carbocycles. The standard InChI is InChI=1S/C13H17NO4/c1-2-5-16-13(15)7-10(14)9-3-4-11-12(6-9)18-8-17-11/h3-4,6,10H,2,5,7-8,14H2,1H3. The van der Waals surface area contributed by atoms with Crippen molar-refractivity contribution in [3.8, 4) is 11.5 Å². The SMILES string of the molecule is CCCOC(=O)CC(N)c1ccc2c(c1)OCO2. The number of carbonyl (C=O) groups excluding carboxylic acids is 1. The van der Waals surface area contributed by atoms with Crippen LogP contribution >= 0.6 is 0 Å². The van der Waals surface area contributed by atoms with E-state index in [1.165, 1.54) is 0 Å². The zero-order valence-electron chi connectivity index (χ0n) is 10.3. The molecule has 1 aliphatic rings. The monoisotopic (exact) mass is 251 g/mol. The van der Waals surface area contributed by atoms with E-state index in [0.717, 1.165) is 12.0 Å². The van der Waals surface area contributed by atoms with Gasteiger partial charge in [0, 0.05) is 6.04 Å². The highest BCUT2D eigenvalue weighted by Gasteiger charge is 2.18. The molecule has 2 N–H and O–H groups in total. The fourth-order valence-corrected chi connectivity index (χ4v) is 1.72. The van der Waals surface area contributed by atoms with Gasteiger partial charge in [-0.15, -0.1) is 0 Å². The molecule has 0 radical (unpaired) electrons. The number of fused-ring (bicyclic) bond motifs is 1. The minimum Gasteiger partial charge on any atom is -0.466 e. The first-order valence-corrected chi connectivity index (χ1v) is 6.01. The number of ether oxygens (including phenoxy) is 3. The molecule has 1 aromatic carbocycles. The smallest absolute Gasteiger partial charge is 0.307 e. The summed E-state index contributed by atoms with van der Waals surface area (Å²) in [6.07, 6.45) is 0.977. The number of rotatable bonds is 5. The van der Waals surface area contributed by atoms with E-state index >= 15 is 0 Å². The summed E-state index contributed by atoms with van der Waals surface area (Å²) in [6.45, 7) is 2.62. The lowest BCUT2D eigenvalue weighted by Gasteiger charge is -2.12. The molecule has 0 aliphatic carbocycles. The first kappa shape index (κ1) is 12.7. The summed E-state index contributed by atoms with van der Waals surface area (Å²) in [6, 6.07) is 5.06. The molecule has 0 amide bonds. The fourth-order valence-electron chi connectivity index (χ4n) is 1.72. The normalized spacial score (nSPS) is 14.3. The first-order valence-electron chi connectivity index (χ1n) is 6.01. The number of hydrogen-bond donors (Lipinski definition) is 1. The van der Waals surface area contributed by atoms with Crippen LogP contribution in [0, 0.1) is 0 Å². The van der Waals surface area contributed by atoms with E-state index in [4.69, 9.17) is 19.9 Å². The lowest BCUT2D eigenvalue weighted by molar-refractivity contribution is -0.144. The van der Waals surface area contributed by atoms with Gasteiger partial charge in [-0.2, -0.15) is 0 Å². The van der Waals surface area contributed by atoms with Gasteiger partial charge < -0.3 is 19.9 Å². The predicted octanol–water partition coefficient (Wildman–Crippen LogP) is 1.76. The Hall–Kier alpha value is -1.75. The van der Waals surface area contributed by atoms with E-state index in [1.807, 2.05) is 13.0 Å². The molecule has 1 aliphatic heterocycles. The van der Waals surface area contributed by atoms with E-state index in [9.17, 15) is 4.79 Å². The minimum atomic E-state index is -0.385. The molecule has 18 heavy (non-hydrogen) atoms. The lowest BCUT2D eigenvalue weighted by Crippen LogP contribution is -2.17. The zero-order chi connectivity index (χ0) is 13.0. The summed E-state index contributed by atoms with van der Waals surface area (Å²) in [7, 11) is 0. The molecule has 5 nitrogen and oxygen atoms in total. The number of carbonyl (C=O) groups is 1. The third-order valence-electron chi connectivity index (χ3n) is 2.68. The summed E-state index contributed by atoms with van der Waals surface area (Å²) >= 11 is 0. The predicted molar refractivity (Wildman–Crippen MR) is 65.4 cm³/mol. The minimum absolute atomic E-state index is 0.166. The van der Waals surface area contributed by atoms with Gasteiger partial charge >= 0.3 is 5.97 Å². The van der Waals surface area contributed by atoms with E-state index in [0.29, 0.717) is 18.1 Å². The Bertz CT molecular complexity index is 433. The van der Waals surface area contributed by atoms with Gasteiger partial charge in [0.25, 0.3) is 0 Å².